The number of hydrogen-bond donors (Lipinski definition) is 2. The number of aromatic hydroxyl groups is 2. The van der Waals surface area contributed by atoms with Crippen molar-refractivity contribution in [2.24, 2.45) is 0 Å². The molecule has 0 fully saturated rings. The van der Waals surface area contributed by atoms with E-state index in [1.165, 1.54) is 24.3 Å². The van der Waals surface area contributed by atoms with Crippen LogP contribution in [-0.4, -0.2) is 18.6 Å². The van der Waals surface area contributed by atoms with E-state index in [0.29, 0.717) is 5.56 Å². The van der Waals surface area contributed by atoms with Crippen LogP contribution in [-0.2, 0) is 9.84 Å². The lowest BCUT2D eigenvalue weighted by Gasteiger charge is -2.12. The molecular formula is C14H14O4S. The van der Waals surface area contributed by atoms with Gasteiger partial charge in [-0.25, -0.2) is 8.42 Å². The maximum atomic E-state index is 12.5. The van der Waals surface area contributed by atoms with Gasteiger partial charge in [0.15, 0.2) is 4.90 Å². The van der Waals surface area contributed by atoms with Crippen LogP contribution in [0.15, 0.2) is 46.2 Å². The second kappa shape index (κ2) is 4.59. The van der Waals surface area contributed by atoms with Gasteiger partial charge in [0.2, 0.25) is 9.84 Å². The fourth-order valence-corrected chi connectivity index (χ4v) is 3.64. The van der Waals surface area contributed by atoms with Gasteiger partial charge >= 0.3 is 0 Å². The van der Waals surface area contributed by atoms with Crippen molar-refractivity contribution in [3.8, 4) is 11.5 Å². The van der Waals surface area contributed by atoms with Crippen LogP contribution < -0.4 is 0 Å². The van der Waals surface area contributed by atoms with E-state index < -0.39 is 26.2 Å². The first-order valence-electron chi connectivity index (χ1n) is 5.68. The largest absolute Gasteiger partial charge is 0.506 e. The first kappa shape index (κ1) is 13.4. The third-order valence-corrected chi connectivity index (χ3v) is 5.06. The van der Waals surface area contributed by atoms with Crippen molar-refractivity contribution in [3.05, 3.63) is 47.5 Å². The van der Waals surface area contributed by atoms with Crippen LogP contribution >= 0.6 is 0 Å². The van der Waals surface area contributed by atoms with E-state index in [-0.39, 0.29) is 4.90 Å². The Balaban J connectivity index is 2.77. The van der Waals surface area contributed by atoms with Gasteiger partial charge in [-0.15, -0.1) is 0 Å². The van der Waals surface area contributed by atoms with Gasteiger partial charge in [-0.2, -0.15) is 0 Å². The molecule has 4 nitrogen and oxygen atoms in total. The van der Waals surface area contributed by atoms with E-state index in [4.69, 9.17) is 0 Å². The summed E-state index contributed by atoms with van der Waals surface area (Å²) in [7, 11) is -3.95. The highest BCUT2D eigenvalue weighted by Gasteiger charge is 2.27. The molecule has 5 heteroatoms. The fourth-order valence-electron chi connectivity index (χ4n) is 1.91. The van der Waals surface area contributed by atoms with Crippen molar-refractivity contribution in [1.29, 1.82) is 0 Å². The molecule has 100 valence electrons. The third kappa shape index (κ3) is 2.17. The Morgan fingerprint density at radius 1 is 0.895 bits per heavy atom. The van der Waals surface area contributed by atoms with E-state index in [2.05, 4.69) is 0 Å². The Hall–Kier alpha value is -2.01. The zero-order chi connectivity index (χ0) is 14.2. The Kier molecular flexibility index (Phi) is 3.24. The molecule has 0 aliphatic heterocycles. The molecule has 0 amide bonds. The molecule has 0 spiro atoms. The maximum Gasteiger partial charge on any atom is 0.214 e. The summed E-state index contributed by atoms with van der Waals surface area (Å²) in [5.41, 5.74) is 1.43. The van der Waals surface area contributed by atoms with Crippen molar-refractivity contribution in [2.45, 2.75) is 23.6 Å². The number of phenolic OH excluding ortho intramolecular Hbond substituents is 2. The van der Waals surface area contributed by atoms with Crippen LogP contribution in [0.3, 0.4) is 0 Å². The van der Waals surface area contributed by atoms with E-state index in [0.717, 1.165) is 5.56 Å². The monoisotopic (exact) mass is 278 g/mol. The molecule has 19 heavy (non-hydrogen) atoms. The first-order chi connectivity index (χ1) is 8.85. The molecule has 0 aliphatic rings. The number of sulfone groups is 1. The average molecular weight is 278 g/mol. The highest BCUT2D eigenvalue weighted by molar-refractivity contribution is 7.91. The normalized spacial score (nSPS) is 11.5. The van der Waals surface area contributed by atoms with Gasteiger partial charge in [0.1, 0.15) is 11.5 Å². The molecule has 2 N–H and O–H groups in total. The molecule has 0 saturated carbocycles. The lowest BCUT2D eigenvalue weighted by molar-refractivity contribution is 0.423. The third-order valence-electron chi connectivity index (χ3n) is 3.09. The van der Waals surface area contributed by atoms with Crippen LogP contribution in [0, 0.1) is 13.8 Å². The summed E-state index contributed by atoms with van der Waals surface area (Å²) in [5, 5.41) is 19.4. The van der Waals surface area contributed by atoms with Crippen molar-refractivity contribution >= 4 is 9.84 Å². The SMILES string of the molecule is Cc1cccc(S(=O)(=O)c2c(O)cccc2O)c1C. The van der Waals surface area contributed by atoms with Gasteiger partial charge < -0.3 is 10.2 Å². The summed E-state index contributed by atoms with van der Waals surface area (Å²) in [6.07, 6.45) is 0. The van der Waals surface area contributed by atoms with Crippen LogP contribution in [0.25, 0.3) is 0 Å². The Morgan fingerprint density at radius 2 is 1.42 bits per heavy atom. The number of phenols is 2. The molecule has 0 atom stereocenters. The van der Waals surface area contributed by atoms with E-state index in [1.54, 1.807) is 26.0 Å². The Labute approximate surface area is 111 Å². The summed E-state index contributed by atoms with van der Waals surface area (Å²) in [5.74, 6) is -0.915. The van der Waals surface area contributed by atoms with Gasteiger partial charge in [0.25, 0.3) is 0 Å². The standard InChI is InChI=1S/C14H14O4S/c1-9-5-3-8-13(10(9)2)19(17,18)14-11(15)6-4-7-12(14)16/h3-8,15-16H,1-2H3. The second-order valence-corrected chi connectivity index (χ2v) is 6.18. The topological polar surface area (TPSA) is 74.6 Å². The lowest BCUT2D eigenvalue weighted by atomic mass is 10.1. The minimum atomic E-state index is -3.95. The Morgan fingerprint density at radius 3 is 2.00 bits per heavy atom. The molecule has 0 radical (unpaired) electrons. The van der Waals surface area contributed by atoms with Gasteiger partial charge in [-0.3, -0.25) is 0 Å². The molecule has 0 bridgehead atoms. The fraction of sp³-hybridized carbons (Fsp3) is 0.143. The van der Waals surface area contributed by atoms with E-state index in [9.17, 15) is 18.6 Å². The Bertz CT molecular complexity index is 713. The number of rotatable bonds is 2. The summed E-state index contributed by atoms with van der Waals surface area (Å²) in [6.45, 7) is 3.50. The van der Waals surface area contributed by atoms with Gasteiger partial charge in [-0.1, -0.05) is 18.2 Å². The minimum absolute atomic E-state index is 0.0873. The van der Waals surface area contributed by atoms with E-state index >= 15 is 0 Å². The molecule has 2 aromatic carbocycles. The summed E-state index contributed by atoms with van der Waals surface area (Å²) in [6, 6.07) is 8.75. The quantitative estimate of drug-likeness (QED) is 0.885. The van der Waals surface area contributed by atoms with Crippen molar-refractivity contribution < 1.29 is 18.6 Å². The summed E-state index contributed by atoms with van der Waals surface area (Å²) < 4.78 is 25.1. The van der Waals surface area contributed by atoms with Crippen molar-refractivity contribution in [3.63, 3.8) is 0 Å². The molecule has 0 saturated heterocycles. The minimum Gasteiger partial charge on any atom is -0.506 e. The van der Waals surface area contributed by atoms with Gasteiger partial charge in [0.05, 0.1) is 4.90 Å². The van der Waals surface area contributed by atoms with Crippen LogP contribution in [0.5, 0.6) is 11.5 Å². The molecule has 0 unspecified atom stereocenters. The molecular weight excluding hydrogens is 264 g/mol. The number of benzene rings is 2. The van der Waals surface area contributed by atoms with Crippen LogP contribution in [0.2, 0.25) is 0 Å². The predicted molar refractivity (Wildman–Crippen MR) is 71.1 cm³/mol. The highest BCUT2D eigenvalue weighted by Crippen LogP contribution is 2.36. The molecule has 2 aromatic rings. The highest BCUT2D eigenvalue weighted by atomic mass is 32.2. The first-order valence-corrected chi connectivity index (χ1v) is 7.16. The zero-order valence-corrected chi connectivity index (χ0v) is 11.4. The van der Waals surface area contributed by atoms with Crippen molar-refractivity contribution in [1.82, 2.24) is 0 Å². The zero-order valence-electron chi connectivity index (χ0n) is 10.6. The average Bonchev–Trinajstić information content (AvgIpc) is 2.32. The molecule has 2 rings (SSSR count). The maximum absolute atomic E-state index is 12.5. The van der Waals surface area contributed by atoms with Crippen LogP contribution in [0.4, 0.5) is 0 Å². The summed E-state index contributed by atoms with van der Waals surface area (Å²) >= 11 is 0. The number of aryl methyl sites for hydroxylation is 1. The second-order valence-electron chi connectivity index (χ2n) is 4.33. The molecule has 0 heterocycles. The van der Waals surface area contributed by atoms with Crippen molar-refractivity contribution in [2.75, 3.05) is 0 Å². The predicted octanol–water partition coefficient (Wildman–Crippen LogP) is 2.55. The lowest BCUT2D eigenvalue weighted by Crippen LogP contribution is -2.05. The smallest absolute Gasteiger partial charge is 0.214 e. The van der Waals surface area contributed by atoms with Gasteiger partial charge in [-0.05, 0) is 43.2 Å². The van der Waals surface area contributed by atoms with E-state index in [1.807, 2.05) is 0 Å². The van der Waals surface area contributed by atoms with Crippen LogP contribution in [0.1, 0.15) is 11.1 Å². The molecule has 0 aliphatic carbocycles. The van der Waals surface area contributed by atoms with Gasteiger partial charge in [0, 0.05) is 0 Å². The summed E-state index contributed by atoms with van der Waals surface area (Å²) in [4.78, 5) is -0.368. The number of hydrogen-bond acceptors (Lipinski definition) is 4. The molecule has 0 aromatic heterocycles.